The molecule has 0 radical (unpaired) electrons. The van der Waals surface area contributed by atoms with Gasteiger partial charge in [0.2, 0.25) is 0 Å². The first-order valence-electron chi connectivity index (χ1n) is 10.3. The van der Waals surface area contributed by atoms with Gasteiger partial charge in [-0.3, -0.25) is 0 Å². The molecule has 0 aromatic heterocycles. The molecule has 1 aliphatic rings. The number of nitrogens with zero attached hydrogens (tertiary/aromatic N) is 1. The summed E-state index contributed by atoms with van der Waals surface area (Å²) in [6.07, 6.45) is 2.41. The molecule has 30 heavy (non-hydrogen) atoms. The number of hydrogen-bond acceptors (Lipinski definition) is 2. The van der Waals surface area contributed by atoms with Crippen molar-refractivity contribution in [3.05, 3.63) is 102 Å². The maximum atomic E-state index is 7.92. The molecule has 0 saturated heterocycles. The second-order valence-electron chi connectivity index (χ2n) is 8.02. The summed E-state index contributed by atoms with van der Waals surface area (Å²) in [5.74, 6) is 0. The van der Waals surface area contributed by atoms with E-state index in [9.17, 15) is 0 Å². The molecule has 0 amide bonds. The summed E-state index contributed by atoms with van der Waals surface area (Å²) >= 11 is 0. The van der Waals surface area contributed by atoms with Gasteiger partial charge in [-0.2, -0.15) is 0 Å². The van der Waals surface area contributed by atoms with Crippen molar-refractivity contribution >= 4 is 11.9 Å². The maximum absolute atomic E-state index is 7.92. The minimum absolute atomic E-state index is 0.936. The van der Waals surface area contributed by atoms with E-state index in [0.29, 0.717) is 0 Å². The van der Waals surface area contributed by atoms with Crippen LogP contribution in [0, 0.1) is 5.41 Å². The first kappa shape index (κ1) is 18.4. The molecule has 2 nitrogen and oxygen atoms in total. The Morgan fingerprint density at radius 3 is 2.10 bits per heavy atom. The van der Waals surface area contributed by atoms with Crippen LogP contribution in [-0.2, 0) is 6.42 Å². The Morgan fingerprint density at radius 1 is 0.667 bits per heavy atom. The Labute approximate surface area is 178 Å². The molecule has 146 valence electrons. The maximum Gasteiger partial charge on any atom is 0.0367 e. The molecule has 4 aromatic rings. The zero-order valence-corrected chi connectivity index (χ0v) is 17.3. The smallest absolute Gasteiger partial charge is 0.0367 e. The van der Waals surface area contributed by atoms with Crippen molar-refractivity contribution in [3.63, 3.8) is 0 Å². The number of nitrogens with one attached hydrogen (secondary N) is 1. The summed E-state index contributed by atoms with van der Waals surface area (Å²) in [6, 6.07) is 30.2. The lowest BCUT2D eigenvalue weighted by molar-refractivity contribution is 1.13. The third kappa shape index (κ3) is 2.93. The molecule has 0 heterocycles. The summed E-state index contributed by atoms with van der Waals surface area (Å²) in [4.78, 5) is 2.13. The molecule has 0 fully saturated rings. The van der Waals surface area contributed by atoms with E-state index in [-0.39, 0.29) is 0 Å². The van der Waals surface area contributed by atoms with Gasteiger partial charge in [0.15, 0.2) is 0 Å². The number of rotatable bonds is 4. The Kier molecular flexibility index (Phi) is 4.48. The van der Waals surface area contributed by atoms with Crippen LogP contribution in [0.1, 0.15) is 16.7 Å². The van der Waals surface area contributed by atoms with Gasteiger partial charge in [0.1, 0.15) is 0 Å². The van der Waals surface area contributed by atoms with Crippen LogP contribution in [0.4, 0.5) is 5.69 Å². The highest BCUT2D eigenvalue weighted by molar-refractivity contribution is 5.97. The molecule has 2 heteroatoms. The number of hydrogen-bond donors (Lipinski definition) is 1. The summed E-state index contributed by atoms with van der Waals surface area (Å²) in [6.45, 7) is 0. The predicted molar refractivity (Wildman–Crippen MR) is 128 cm³/mol. The zero-order valence-electron chi connectivity index (χ0n) is 17.3. The van der Waals surface area contributed by atoms with Gasteiger partial charge < -0.3 is 10.3 Å². The molecule has 0 bridgehead atoms. The third-order valence-corrected chi connectivity index (χ3v) is 6.07. The Bertz CT molecular complexity index is 1270. The molecule has 1 N–H and O–H groups in total. The van der Waals surface area contributed by atoms with Gasteiger partial charge in [0.05, 0.1) is 0 Å². The van der Waals surface area contributed by atoms with E-state index in [1.165, 1.54) is 45.2 Å². The van der Waals surface area contributed by atoms with Crippen molar-refractivity contribution in [2.75, 3.05) is 19.0 Å². The second-order valence-corrected chi connectivity index (χ2v) is 8.02. The van der Waals surface area contributed by atoms with Gasteiger partial charge in [-0.25, -0.2) is 0 Å². The summed E-state index contributed by atoms with van der Waals surface area (Å²) < 4.78 is 0. The van der Waals surface area contributed by atoms with E-state index >= 15 is 0 Å². The highest BCUT2D eigenvalue weighted by atomic mass is 15.1. The molecule has 0 saturated carbocycles. The standard InChI is InChI=1S/C28H24N2/c1-30(2)21-14-15-26(28(17-21)23-11-6-4-9-20(23)18-29)25-13-7-12-24-22-10-5-3-8-19(22)16-27(24)25/h3-15,17-18,29H,16H2,1-2H3. The fraction of sp³-hybridized carbons (Fsp3) is 0.107. The lowest BCUT2D eigenvalue weighted by atomic mass is 9.88. The Hall–Kier alpha value is -3.65. The van der Waals surface area contributed by atoms with Gasteiger partial charge in [-0.1, -0.05) is 72.8 Å². The molecule has 0 aliphatic heterocycles. The monoisotopic (exact) mass is 388 g/mol. The summed E-state index contributed by atoms with van der Waals surface area (Å²) in [7, 11) is 4.14. The van der Waals surface area contributed by atoms with Gasteiger partial charge in [0, 0.05) is 26.0 Å². The fourth-order valence-electron chi connectivity index (χ4n) is 4.55. The molecule has 0 atom stereocenters. The van der Waals surface area contributed by atoms with Crippen molar-refractivity contribution in [1.82, 2.24) is 0 Å². The van der Waals surface area contributed by atoms with Crippen LogP contribution in [0.3, 0.4) is 0 Å². The Morgan fingerprint density at radius 2 is 1.33 bits per heavy atom. The summed E-state index contributed by atoms with van der Waals surface area (Å²) in [5.41, 5.74) is 12.3. The largest absolute Gasteiger partial charge is 0.378 e. The minimum atomic E-state index is 0.936. The number of anilines is 1. The zero-order chi connectivity index (χ0) is 20.7. The van der Waals surface area contributed by atoms with E-state index in [2.05, 4.69) is 91.8 Å². The first-order valence-corrected chi connectivity index (χ1v) is 10.3. The van der Waals surface area contributed by atoms with Crippen molar-refractivity contribution in [2.45, 2.75) is 6.42 Å². The fourth-order valence-corrected chi connectivity index (χ4v) is 4.55. The average molecular weight is 389 g/mol. The van der Waals surface area contributed by atoms with Crippen LogP contribution in [0.5, 0.6) is 0 Å². The van der Waals surface area contributed by atoms with E-state index in [1.807, 2.05) is 12.1 Å². The highest BCUT2D eigenvalue weighted by Crippen LogP contribution is 2.44. The van der Waals surface area contributed by atoms with Crippen LogP contribution in [0.15, 0.2) is 84.9 Å². The van der Waals surface area contributed by atoms with E-state index in [1.54, 1.807) is 0 Å². The lowest BCUT2D eigenvalue weighted by Crippen LogP contribution is -2.08. The number of fused-ring (bicyclic) bond motifs is 3. The number of benzene rings is 4. The van der Waals surface area contributed by atoms with Crippen LogP contribution in [0.25, 0.3) is 33.4 Å². The topological polar surface area (TPSA) is 27.1 Å². The van der Waals surface area contributed by atoms with Crippen molar-refractivity contribution in [3.8, 4) is 33.4 Å². The van der Waals surface area contributed by atoms with Gasteiger partial charge >= 0.3 is 0 Å². The highest BCUT2D eigenvalue weighted by Gasteiger charge is 2.23. The quantitative estimate of drug-likeness (QED) is 0.343. The van der Waals surface area contributed by atoms with E-state index < -0.39 is 0 Å². The van der Waals surface area contributed by atoms with Crippen LogP contribution < -0.4 is 4.90 Å². The normalized spacial score (nSPS) is 11.7. The average Bonchev–Trinajstić information content (AvgIpc) is 3.17. The second kappa shape index (κ2) is 7.31. The molecular weight excluding hydrogens is 364 g/mol. The van der Waals surface area contributed by atoms with Crippen LogP contribution in [0.2, 0.25) is 0 Å². The molecule has 4 aromatic carbocycles. The lowest BCUT2D eigenvalue weighted by Gasteiger charge is -2.20. The van der Waals surface area contributed by atoms with Crippen molar-refractivity contribution in [1.29, 1.82) is 5.41 Å². The summed E-state index contributed by atoms with van der Waals surface area (Å²) in [5, 5.41) is 7.92. The molecule has 0 spiro atoms. The van der Waals surface area contributed by atoms with Crippen LogP contribution >= 0.6 is 0 Å². The molecular formula is C28H24N2. The minimum Gasteiger partial charge on any atom is -0.378 e. The van der Waals surface area contributed by atoms with Crippen molar-refractivity contribution < 1.29 is 0 Å². The van der Waals surface area contributed by atoms with Gasteiger partial charge in [0.25, 0.3) is 0 Å². The van der Waals surface area contributed by atoms with Crippen LogP contribution in [-0.4, -0.2) is 20.3 Å². The predicted octanol–water partition coefficient (Wildman–Crippen LogP) is 6.66. The van der Waals surface area contributed by atoms with Gasteiger partial charge in [-0.15, -0.1) is 0 Å². The van der Waals surface area contributed by atoms with E-state index in [4.69, 9.17) is 5.41 Å². The third-order valence-electron chi connectivity index (χ3n) is 6.07. The van der Waals surface area contributed by atoms with Gasteiger partial charge in [-0.05, 0) is 68.6 Å². The van der Waals surface area contributed by atoms with E-state index in [0.717, 1.165) is 23.2 Å². The molecule has 5 rings (SSSR count). The SMILES string of the molecule is CN(C)c1ccc(-c2cccc3c2Cc2ccccc2-3)c(-c2ccccc2C=N)c1. The van der Waals surface area contributed by atoms with Crippen molar-refractivity contribution in [2.24, 2.45) is 0 Å². The Balaban J connectivity index is 1.77. The molecule has 1 aliphatic carbocycles. The molecule has 0 unspecified atom stereocenters. The first-order chi connectivity index (χ1) is 14.7.